The van der Waals surface area contributed by atoms with E-state index in [4.69, 9.17) is 16.3 Å². The SMILES string of the molecule is O=C(COc1ccc(Cl)c(F)c1)NC12CC(NC(=O)c3cc4ncccn4n3)(C1)C2. The Kier molecular flexibility index (Phi) is 4.18. The Morgan fingerprint density at radius 2 is 1.97 bits per heavy atom. The number of fused-ring (bicyclic) bond motifs is 1. The minimum Gasteiger partial charge on any atom is -0.484 e. The van der Waals surface area contributed by atoms with Crippen LogP contribution >= 0.6 is 11.6 Å². The number of rotatable bonds is 6. The number of halogens is 2. The highest BCUT2D eigenvalue weighted by atomic mass is 35.5. The molecular weight excluding hydrogens is 413 g/mol. The molecule has 10 heteroatoms. The number of aromatic nitrogens is 3. The molecule has 1 aromatic carbocycles. The highest BCUT2D eigenvalue weighted by molar-refractivity contribution is 6.30. The Morgan fingerprint density at radius 1 is 1.20 bits per heavy atom. The van der Waals surface area contributed by atoms with Crippen LogP contribution < -0.4 is 15.4 Å². The van der Waals surface area contributed by atoms with Gasteiger partial charge in [0.2, 0.25) is 0 Å². The van der Waals surface area contributed by atoms with Gasteiger partial charge in [0.05, 0.1) is 5.02 Å². The lowest BCUT2D eigenvalue weighted by molar-refractivity contribution is -0.141. The summed E-state index contributed by atoms with van der Waals surface area (Å²) >= 11 is 5.62. The van der Waals surface area contributed by atoms with Gasteiger partial charge >= 0.3 is 0 Å². The number of benzene rings is 1. The van der Waals surface area contributed by atoms with E-state index in [0.717, 1.165) is 6.07 Å². The maximum atomic E-state index is 13.4. The van der Waals surface area contributed by atoms with Crippen LogP contribution in [0.1, 0.15) is 29.8 Å². The van der Waals surface area contributed by atoms with E-state index in [1.54, 1.807) is 29.0 Å². The molecule has 2 amide bonds. The molecule has 0 spiro atoms. The Balaban J connectivity index is 1.12. The first-order valence-corrected chi connectivity index (χ1v) is 9.75. The van der Waals surface area contributed by atoms with Crippen LogP contribution in [0.15, 0.2) is 42.7 Å². The van der Waals surface area contributed by atoms with Gasteiger partial charge in [0.1, 0.15) is 11.6 Å². The summed E-state index contributed by atoms with van der Waals surface area (Å²) in [6.07, 6.45) is 5.32. The molecule has 0 radical (unpaired) electrons. The van der Waals surface area contributed by atoms with Gasteiger partial charge in [0.15, 0.2) is 17.9 Å². The minimum atomic E-state index is -0.604. The summed E-state index contributed by atoms with van der Waals surface area (Å²) in [5.74, 6) is -0.923. The number of carbonyl (C=O) groups is 2. The van der Waals surface area contributed by atoms with Gasteiger partial charge in [-0.3, -0.25) is 9.59 Å². The molecule has 3 aromatic rings. The molecule has 0 aliphatic heterocycles. The minimum absolute atomic E-state index is 0.00656. The van der Waals surface area contributed by atoms with Gasteiger partial charge < -0.3 is 15.4 Å². The molecule has 0 unspecified atom stereocenters. The zero-order valence-corrected chi connectivity index (χ0v) is 16.4. The largest absolute Gasteiger partial charge is 0.484 e. The third-order valence-electron chi connectivity index (χ3n) is 5.54. The molecule has 2 N–H and O–H groups in total. The molecule has 2 heterocycles. The summed E-state index contributed by atoms with van der Waals surface area (Å²) in [5, 5.41) is 10.2. The summed E-state index contributed by atoms with van der Waals surface area (Å²) in [7, 11) is 0. The average Bonchev–Trinajstić information content (AvgIpc) is 3.10. The van der Waals surface area contributed by atoms with Crippen molar-refractivity contribution in [2.75, 3.05) is 6.61 Å². The molecule has 154 valence electrons. The number of hydrogen-bond donors (Lipinski definition) is 2. The van der Waals surface area contributed by atoms with Crippen molar-refractivity contribution in [1.29, 1.82) is 0 Å². The first-order chi connectivity index (χ1) is 14.4. The molecule has 0 saturated heterocycles. The standard InChI is InChI=1S/C20H17ClFN5O3/c21-13-3-2-12(6-14(13)22)30-8-17(28)24-19-9-20(10-19,11-19)25-18(29)15-7-16-23-4-1-5-27(16)26-15/h1-7H,8-11H2,(H,24,28)(H,25,29). The predicted octanol–water partition coefficient (Wildman–Crippen LogP) is 2.12. The number of carbonyl (C=O) groups excluding carboxylic acids is 2. The van der Waals surface area contributed by atoms with Gasteiger partial charge in [-0.25, -0.2) is 13.9 Å². The number of hydrogen-bond acceptors (Lipinski definition) is 5. The number of nitrogens with one attached hydrogen (secondary N) is 2. The predicted molar refractivity (Wildman–Crippen MR) is 105 cm³/mol. The van der Waals surface area contributed by atoms with Crippen LogP contribution in [0, 0.1) is 5.82 Å². The van der Waals surface area contributed by atoms with Gasteiger partial charge in [-0.2, -0.15) is 5.10 Å². The Morgan fingerprint density at radius 3 is 2.70 bits per heavy atom. The van der Waals surface area contributed by atoms with Crippen molar-refractivity contribution in [2.45, 2.75) is 30.3 Å². The fraction of sp³-hybridized carbons (Fsp3) is 0.300. The van der Waals surface area contributed by atoms with Gasteiger partial charge in [-0.05, 0) is 37.5 Å². The molecule has 6 rings (SSSR count). The first kappa shape index (κ1) is 18.8. The van der Waals surface area contributed by atoms with E-state index in [1.807, 2.05) is 0 Å². The summed E-state index contributed by atoms with van der Waals surface area (Å²) in [4.78, 5) is 28.9. The number of ether oxygens (including phenoxy) is 1. The zero-order valence-electron chi connectivity index (χ0n) is 15.7. The van der Waals surface area contributed by atoms with Crippen LogP contribution in [0.4, 0.5) is 4.39 Å². The second-order valence-corrected chi connectivity index (χ2v) is 8.32. The van der Waals surface area contributed by atoms with Crippen molar-refractivity contribution in [2.24, 2.45) is 0 Å². The second kappa shape index (κ2) is 6.66. The molecule has 30 heavy (non-hydrogen) atoms. The van der Waals surface area contributed by atoms with E-state index in [2.05, 4.69) is 20.7 Å². The molecule has 8 nitrogen and oxygen atoms in total. The highest BCUT2D eigenvalue weighted by Gasteiger charge is 2.69. The quantitative estimate of drug-likeness (QED) is 0.625. The lowest BCUT2D eigenvalue weighted by Crippen LogP contribution is -2.84. The van der Waals surface area contributed by atoms with Crippen LogP contribution in [0.3, 0.4) is 0 Å². The lowest BCUT2D eigenvalue weighted by Gasteiger charge is -2.70. The van der Waals surface area contributed by atoms with Crippen LogP contribution in [0.25, 0.3) is 5.65 Å². The van der Waals surface area contributed by atoms with E-state index in [1.165, 1.54) is 12.1 Å². The Labute approximate surface area is 175 Å². The fourth-order valence-electron chi connectivity index (χ4n) is 4.35. The van der Waals surface area contributed by atoms with Crippen molar-refractivity contribution in [3.05, 3.63) is 59.3 Å². The highest BCUT2D eigenvalue weighted by Crippen LogP contribution is 2.60. The third-order valence-corrected chi connectivity index (χ3v) is 5.85. The summed E-state index contributed by atoms with van der Waals surface area (Å²) in [6, 6.07) is 7.38. The van der Waals surface area contributed by atoms with E-state index >= 15 is 0 Å². The molecule has 3 fully saturated rings. The molecule has 3 aliphatic rings. The van der Waals surface area contributed by atoms with Crippen LogP contribution in [-0.2, 0) is 4.79 Å². The van der Waals surface area contributed by atoms with Crippen LogP contribution in [0.2, 0.25) is 5.02 Å². The second-order valence-electron chi connectivity index (χ2n) is 7.91. The molecule has 3 saturated carbocycles. The third kappa shape index (κ3) is 3.24. The molecule has 2 aromatic heterocycles. The van der Waals surface area contributed by atoms with Gasteiger partial charge in [-0.1, -0.05) is 11.6 Å². The van der Waals surface area contributed by atoms with E-state index in [9.17, 15) is 14.0 Å². The molecule has 0 atom stereocenters. The van der Waals surface area contributed by atoms with Crippen molar-refractivity contribution in [1.82, 2.24) is 25.2 Å². The Bertz CT molecular complexity index is 1130. The van der Waals surface area contributed by atoms with E-state index in [-0.39, 0.29) is 40.3 Å². The van der Waals surface area contributed by atoms with Crippen LogP contribution in [0.5, 0.6) is 5.75 Å². The average molecular weight is 430 g/mol. The summed E-state index contributed by atoms with van der Waals surface area (Å²) in [5.41, 5.74) is 0.275. The van der Waals surface area contributed by atoms with Gasteiger partial charge in [0, 0.05) is 35.6 Å². The smallest absolute Gasteiger partial charge is 0.272 e. The first-order valence-electron chi connectivity index (χ1n) is 9.37. The van der Waals surface area contributed by atoms with Gasteiger partial charge in [-0.15, -0.1) is 0 Å². The Hall–Kier alpha value is -3.20. The lowest BCUT2D eigenvalue weighted by atomic mass is 9.44. The van der Waals surface area contributed by atoms with E-state index < -0.39 is 5.82 Å². The normalized spacial score (nSPS) is 23.9. The number of amides is 2. The maximum Gasteiger partial charge on any atom is 0.272 e. The van der Waals surface area contributed by atoms with E-state index in [0.29, 0.717) is 30.6 Å². The molecule has 2 bridgehead atoms. The van der Waals surface area contributed by atoms with Crippen molar-refractivity contribution in [3.63, 3.8) is 0 Å². The summed E-state index contributed by atoms with van der Waals surface area (Å²) in [6.45, 7) is -0.226. The zero-order chi connectivity index (χ0) is 20.9. The fourth-order valence-corrected chi connectivity index (χ4v) is 4.46. The maximum absolute atomic E-state index is 13.4. The van der Waals surface area contributed by atoms with Crippen LogP contribution in [-0.4, -0.2) is 44.1 Å². The van der Waals surface area contributed by atoms with Crippen molar-refractivity contribution < 1.29 is 18.7 Å². The van der Waals surface area contributed by atoms with Gasteiger partial charge in [0.25, 0.3) is 11.8 Å². The number of nitrogens with zero attached hydrogens (tertiary/aromatic N) is 3. The molecular formula is C20H17ClFN5O3. The monoisotopic (exact) mass is 429 g/mol. The summed E-state index contributed by atoms with van der Waals surface area (Å²) < 4.78 is 20.3. The molecule has 3 aliphatic carbocycles. The van der Waals surface area contributed by atoms with Crippen molar-refractivity contribution in [3.8, 4) is 5.75 Å². The topological polar surface area (TPSA) is 97.6 Å². The van der Waals surface area contributed by atoms with Crippen molar-refractivity contribution >= 4 is 29.1 Å².